The van der Waals surface area contributed by atoms with Crippen LogP contribution in [0, 0.1) is 11.8 Å². The third-order valence-electron chi connectivity index (χ3n) is 3.36. The first-order valence-electron chi connectivity index (χ1n) is 7.54. The van der Waals surface area contributed by atoms with Crippen LogP contribution in [0.15, 0.2) is 18.3 Å². The Kier molecular flexibility index (Phi) is 6.52. The van der Waals surface area contributed by atoms with Gasteiger partial charge in [0.2, 0.25) is 0 Å². The molecule has 1 aromatic rings. The highest BCUT2D eigenvalue weighted by molar-refractivity contribution is 5.31. The van der Waals surface area contributed by atoms with E-state index >= 15 is 0 Å². The molecule has 1 aliphatic rings. The van der Waals surface area contributed by atoms with E-state index in [0.717, 1.165) is 50.3 Å². The van der Waals surface area contributed by atoms with E-state index in [1.165, 1.54) is 0 Å². The summed E-state index contributed by atoms with van der Waals surface area (Å²) >= 11 is 0. The Morgan fingerprint density at radius 2 is 2.14 bits per heavy atom. The second-order valence-electron chi connectivity index (χ2n) is 5.07. The van der Waals surface area contributed by atoms with E-state index in [0.29, 0.717) is 6.10 Å². The number of rotatable bonds is 7. The van der Waals surface area contributed by atoms with E-state index in [1.807, 2.05) is 19.1 Å². The fraction of sp³-hybridized carbons (Fsp3) is 0.588. The summed E-state index contributed by atoms with van der Waals surface area (Å²) < 4.78 is 16.3. The van der Waals surface area contributed by atoms with Gasteiger partial charge in [-0.1, -0.05) is 5.92 Å². The van der Waals surface area contributed by atoms with Crippen LogP contribution in [0.25, 0.3) is 0 Å². The molecule has 2 rings (SSSR count). The standard InChI is InChI=1S/C17H23NO3/c1-3-20-16-11-17(12-16)21-15-9-8-14(18-13-15)7-5-4-6-10-19-2/h8-9,13,16-17H,3-4,6,10-12H2,1-2H3. The predicted octanol–water partition coefficient (Wildman–Crippen LogP) is 2.81. The molecule has 1 fully saturated rings. The van der Waals surface area contributed by atoms with E-state index in [-0.39, 0.29) is 6.10 Å². The minimum absolute atomic E-state index is 0.259. The van der Waals surface area contributed by atoms with Gasteiger partial charge < -0.3 is 14.2 Å². The number of nitrogens with zero attached hydrogens (tertiary/aromatic N) is 1. The molecule has 0 bridgehead atoms. The zero-order valence-corrected chi connectivity index (χ0v) is 12.8. The summed E-state index contributed by atoms with van der Waals surface area (Å²) in [6.45, 7) is 3.54. The molecule has 0 amide bonds. The lowest BCUT2D eigenvalue weighted by atomic mass is 9.92. The summed E-state index contributed by atoms with van der Waals surface area (Å²) in [6, 6.07) is 3.83. The SMILES string of the molecule is CCOC1CC(Oc2ccc(C#CCCCOC)nc2)C1. The van der Waals surface area contributed by atoms with Gasteiger partial charge in [0, 0.05) is 39.6 Å². The lowest BCUT2D eigenvalue weighted by Gasteiger charge is -2.34. The second-order valence-corrected chi connectivity index (χ2v) is 5.07. The largest absolute Gasteiger partial charge is 0.489 e. The smallest absolute Gasteiger partial charge is 0.138 e. The van der Waals surface area contributed by atoms with Gasteiger partial charge in [0.05, 0.1) is 12.3 Å². The van der Waals surface area contributed by atoms with Crippen molar-refractivity contribution in [1.29, 1.82) is 0 Å². The molecule has 0 aromatic carbocycles. The minimum atomic E-state index is 0.259. The zero-order chi connectivity index (χ0) is 14.9. The first-order chi connectivity index (χ1) is 10.3. The highest BCUT2D eigenvalue weighted by Crippen LogP contribution is 2.27. The molecule has 1 aliphatic carbocycles. The van der Waals surface area contributed by atoms with Gasteiger partial charge in [-0.3, -0.25) is 0 Å². The molecule has 1 saturated carbocycles. The first-order valence-corrected chi connectivity index (χ1v) is 7.54. The van der Waals surface area contributed by atoms with Crippen LogP contribution in [0.2, 0.25) is 0 Å². The van der Waals surface area contributed by atoms with Crippen molar-refractivity contribution >= 4 is 0 Å². The highest BCUT2D eigenvalue weighted by atomic mass is 16.5. The van der Waals surface area contributed by atoms with Crippen molar-refractivity contribution in [2.24, 2.45) is 0 Å². The number of hydrogen-bond acceptors (Lipinski definition) is 4. The zero-order valence-electron chi connectivity index (χ0n) is 12.8. The van der Waals surface area contributed by atoms with E-state index in [1.54, 1.807) is 13.3 Å². The Bertz CT molecular complexity index is 469. The molecule has 0 unspecified atom stereocenters. The van der Waals surface area contributed by atoms with Crippen molar-refractivity contribution in [3.63, 3.8) is 0 Å². The summed E-state index contributed by atoms with van der Waals surface area (Å²) in [6.07, 6.45) is 6.08. The summed E-state index contributed by atoms with van der Waals surface area (Å²) in [5.41, 5.74) is 0.778. The summed E-state index contributed by atoms with van der Waals surface area (Å²) in [5, 5.41) is 0. The molecule has 114 valence electrons. The van der Waals surface area contributed by atoms with Gasteiger partial charge in [-0.05, 0) is 31.4 Å². The number of pyridine rings is 1. The Morgan fingerprint density at radius 1 is 1.29 bits per heavy atom. The molecule has 0 atom stereocenters. The van der Waals surface area contributed by atoms with Crippen LogP contribution in [0.5, 0.6) is 5.75 Å². The van der Waals surface area contributed by atoms with E-state index in [2.05, 4.69) is 16.8 Å². The summed E-state index contributed by atoms with van der Waals surface area (Å²) in [7, 11) is 1.70. The lowest BCUT2D eigenvalue weighted by molar-refractivity contribution is -0.0564. The van der Waals surface area contributed by atoms with Crippen LogP contribution in [0.4, 0.5) is 0 Å². The van der Waals surface area contributed by atoms with Crippen molar-refractivity contribution in [3.05, 3.63) is 24.0 Å². The maximum Gasteiger partial charge on any atom is 0.138 e. The van der Waals surface area contributed by atoms with Crippen molar-refractivity contribution < 1.29 is 14.2 Å². The maximum atomic E-state index is 5.83. The van der Waals surface area contributed by atoms with Crippen molar-refractivity contribution in [2.75, 3.05) is 20.3 Å². The normalized spacial score (nSPS) is 20.3. The molecule has 0 spiro atoms. The molecule has 0 aliphatic heterocycles. The number of aromatic nitrogens is 1. The Balaban J connectivity index is 1.72. The van der Waals surface area contributed by atoms with Crippen LogP contribution < -0.4 is 4.74 Å². The lowest BCUT2D eigenvalue weighted by Crippen LogP contribution is -2.39. The highest BCUT2D eigenvalue weighted by Gasteiger charge is 2.31. The number of hydrogen-bond donors (Lipinski definition) is 0. The second kappa shape index (κ2) is 8.66. The number of methoxy groups -OCH3 is 1. The Hall–Kier alpha value is -1.57. The monoisotopic (exact) mass is 289 g/mol. The molecule has 0 radical (unpaired) electrons. The molecule has 4 heteroatoms. The van der Waals surface area contributed by atoms with Crippen LogP contribution >= 0.6 is 0 Å². The van der Waals surface area contributed by atoms with Gasteiger partial charge in [-0.25, -0.2) is 4.98 Å². The van der Waals surface area contributed by atoms with Crippen LogP contribution in [0.1, 0.15) is 38.3 Å². The van der Waals surface area contributed by atoms with Crippen LogP contribution in [-0.4, -0.2) is 37.5 Å². The van der Waals surface area contributed by atoms with Gasteiger partial charge in [0.15, 0.2) is 0 Å². The molecule has 21 heavy (non-hydrogen) atoms. The summed E-state index contributed by atoms with van der Waals surface area (Å²) in [5.74, 6) is 6.94. The van der Waals surface area contributed by atoms with Gasteiger partial charge in [0.1, 0.15) is 17.5 Å². The van der Waals surface area contributed by atoms with Gasteiger partial charge >= 0.3 is 0 Å². The third kappa shape index (κ3) is 5.37. The number of unbranched alkanes of at least 4 members (excludes halogenated alkanes) is 1. The van der Waals surface area contributed by atoms with Gasteiger partial charge in [-0.15, -0.1) is 0 Å². The quantitative estimate of drug-likeness (QED) is 0.571. The van der Waals surface area contributed by atoms with E-state index in [4.69, 9.17) is 14.2 Å². The van der Waals surface area contributed by atoms with Crippen LogP contribution in [0.3, 0.4) is 0 Å². The minimum Gasteiger partial charge on any atom is -0.489 e. The predicted molar refractivity (Wildman–Crippen MR) is 81.3 cm³/mol. The van der Waals surface area contributed by atoms with Crippen molar-refractivity contribution in [1.82, 2.24) is 4.98 Å². The van der Waals surface area contributed by atoms with Crippen LogP contribution in [-0.2, 0) is 9.47 Å². The Labute approximate surface area is 126 Å². The molecule has 4 nitrogen and oxygen atoms in total. The molecular weight excluding hydrogens is 266 g/mol. The molecule has 0 saturated heterocycles. The van der Waals surface area contributed by atoms with E-state index in [9.17, 15) is 0 Å². The fourth-order valence-corrected chi connectivity index (χ4v) is 2.16. The average molecular weight is 289 g/mol. The number of ether oxygens (including phenoxy) is 3. The van der Waals surface area contributed by atoms with E-state index < -0.39 is 0 Å². The van der Waals surface area contributed by atoms with Gasteiger partial charge in [-0.2, -0.15) is 0 Å². The van der Waals surface area contributed by atoms with Gasteiger partial charge in [0.25, 0.3) is 0 Å². The summed E-state index contributed by atoms with van der Waals surface area (Å²) in [4.78, 5) is 4.30. The average Bonchev–Trinajstić information content (AvgIpc) is 2.46. The topological polar surface area (TPSA) is 40.6 Å². The molecule has 0 N–H and O–H groups in total. The maximum absolute atomic E-state index is 5.83. The fourth-order valence-electron chi connectivity index (χ4n) is 2.16. The first kappa shape index (κ1) is 15.8. The molecular formula is C17H23NO3. The molecule has 1 heterocycles. The Morgan fingerprint density at radius 3 is 2.81 bits per heavy atom. The van der Waals surface area contributed by atoms with Crippen molar-refractivity contribution in [3.8, 4) is 17.6 Å². The third-order valence-corrected chi connectivity index (χ3v) is 3.36. The van der Waals surface area contributed by atoms with Crippen molar-refractivity contribution in [2.45, 2.75) is 44.8 Å². The molecule has 1 aromatic heterocycles.